The fourth-order valence-corrected chi connectivity index (χ4v) is 5.09. The number of allylic oxidation sites excluding steroid dienone is 1. The van der Waals surface area contributed by atoms with Crippen LogP contribution in [0.2, 0.25) is 0 Å². The van der Waals surface area contributed by atoms with Gasteiger partial charge in [-0.05, 0) is 30.4 Å². The summed E-state index contributed by atoms with van der Waals surface area (Å²) in [5.74, 6) is -6.37. The number of rotatable bonds is 10. The molecule has 0 spiro atoms. The van der Waals surface area contributed by atoms with Crippen molar-refractivity contribution in [3.05, 3.63) is 47.4 Å². The molecule has 1 aromatic carbocycles. The number of alkyl halides is 2. The molecule has 0 radical (unpaired) electrons. The van der Waals surface area contributed by atoms with Crippen molar-refractivity contribution in [1.29, 1.82) is 0 Å². The maximum Gasteiger partial charge on any atom is 0.303 e. The molecule has 2 N–H and O–H groups in total. The second kappa shape index (κ2) is 9.79. The van der Waals surface area contributed by atoms with Crippen molar-refractivity contribution in [1.82, 2.24) is 0 Å². The van der Waals surface area contributed by atoms with Gasteiger partial charge in [-0.15, -0.1) is 11.3 Å². The molecule has 1 aliphatic rings. The predicted octanol–water partition coefficient (Wildman–Crippen LogP) is 5.76. The number of carboxylic acid groups (broad SMARTS) is 1. The van der Waals surface area contributed by atoms with Crippen molar-refractivity contribution in [2.24, 2.45) is 11.8 Å². The first-order chi connectivity index (χ1) is 14.3. The Kier molecular flexibility index (Phi) is 7.36. The van der Waals surface area contributed by atoms with Crippen molar-refractivity contribution in [3.8, 4) is 0 Å². The summed E-state index contributed by atoms with van der Waals surface area (Å²) in [6, 6.07) is 9.59. The van der Waals surface area contributed by atoms with Gasteiger partial charge in [-0.3, -0.25) is 9.59 Å². The second-order valence-corrected chi connectivity index (χ2v) is 9.01. The third-order valence-corrected chi connectivity index (χ3v) is 6.84. The fourth-order valence-electron chi connectivity index (χ4n) is 4.06. The van der Waals surface area contributed by atoms with Gasteiger partial charge in [0.25, 0.3) is 5.92 Å². The zero-order valence-electron chi connectivity index (χ0n) is 16.6. The Balaban J connectivity index is 1.61. The van der Waals surface area contributed by atoms with E-state index in [1.54, 1.807) is 0 Å². The van der Waals surface area contributed by atoms with Gasteiger partial charge in [0.1, 0.15) is 11.9 Å². The van der Waals surface area contributed by atoms with Crippen LogP contribution in [0.3, 0.4) is 0 Å². The molecule has 1 heterocycles. The average molecular weight is 437 g/mol. The van der Waals surface area contributed by atoms with E-state index in [1.165, 1.54) is 23.5 Å². The smallest absolute Gasteiger partial charge is 0.303 e. The molecule has 0 aliphatic heterocycles. The minimum atomic E-state index is -3.05. The minimum Gasteiger partial charge on any atom is -0.481 e. The van der Waals surface area contributed by atoms with E-state index in [0.717, 1.165) is 10.1 Å². The summed E-state index contributed by atoms with van der Waals surface area (Å²) in [6.07, 6.45) is 3.88. The van der Waals surface area contributed by atoms with Crippen LogP contribution in [0.1, 0.15) is 55.9 Å². The molecular weight excluding hydrogens is 410 g/mol. The molecule has 1 aliphatic carbocycles. The number of aliphatic carboxylic acids is 1. The van der Waals surface area contributed by atoms with Crippen molar-refractivity contribution in [3.63, 3.8) is 0 Å². The number of aliphatic hydroxyl groups is 1. The number of carboxylic acids is 1. The molecule has 0 saturated heterocycles. The van der Waals surface area contributed by atoms with Gasteiger partial charge in [-0.1, -0.05) is 49.6 Å². The van der Waals surface area contributed by atoms with Gasteiger partial charge in [0.05, 0.1) is 6.42 Å². The van der Waals surface area contributed by atoms with Crippen molar-refractivity contribution >= 4 is 33.2 Å². The van der Waals surface area contributed by atoms with Gasteiger partial charge < -0.3 is 10.2 Å². The van der Waals surface area contributed by atoms with Crippen LogP contribution in [0.5, 0.6) is 0 Å². The molecule has 0 bridgehead atoms. The van der Waals surface area contributed by atoms with Gasteiger partial charge >= 0.3 is 5.97 Å². The molecular formula is C23H26F2O4S. The number of Topliss-reactive ketones (excluding diaryl/α,β-unsaturated/α-hetero) is 1. The molecule has 162 valence electrons. The van der Waals surface area contributed by atoms with E-state index in [4.69, 9.17) is 5.11 Å². The van der Waals surface area contributed by atoms with Crippen molar-refractivity contribution in [2.75, 3.05) is 0 Å². The maximum absolute atomic E-state index is 14.4. The van der Waals surface area contributed by atoms with E-state index >= 15 is 0 Å². The van der Waals surface area contributed by atoms with Crippen LogP contribution >= 0.6 is 11.3 Å². The van der Waals surface area contributed by atoms with Crippen LogP contribution < -0.4 is 0 Å². The first kappa shape index (κ1) is 22.6. The molecule has 2 aromatic rings. The van der Waals surface area contributed by atoms with E-state index in [9.17, 15) is 23.5 Å². The third-order valence-electron chi connectivity index (χ3n) is 5.65. The van der Waals surface area contributed by atoms with Gasteiger partial charge in [0, 0.05) is 27.8 Å². The Morgan fingerprint density at radius 1 is 1.23 bits per heavy atom. The van der Waals surface area contributed by atoms with E-state index in [0.29, 0.717) is 30.6 Å². The Labute approximate surface area is 178 Å². The normalized spacial score (nSPS) is 22.2. The molecule has 3 rings (SSSR count). The first-order valence-electron chi connectivity index (χ1n) is 10.2. The molecule has 7 heteroatoms. The number of benzene rings is 1. The lowest BCUT2D eigenvalue weighted by atomic mass is 9.88. The minimum absolute atomic E-state index is 0.0824. The summed E-state index contributed by atoms with van der Waals surface area (Å²) in [4.78, 5) is 23.5. The van der Waals surface area contributed by atoms with E-state index in [-0.39, 0.29) is 12.8 Å². The number of ketones is 1. The standard InChI is InChI=1S/C23H26F2O4S/c24-23(25)14-19(27)16(17(23)8-3-1-2-4-10-22(28)29)11-12-18(26)21-13-15-7-5-6-9-20(15)30-21/h5-7,9,11-13,16-18,26H,1-4,8,10,14H2,(H,28,29)/t16-,17-,18-/m1/s1. The van der Waals surface area contributed by atoms with Crippen LogP contribution in [-0.4, -0.2) is 27.9 Å². The molecule has 30 heavy (non-hydrogen) atoms. The fraction of sp³-hybridized carbons (Fsp3) is 0.478. The van der Waals surface area contributed by atoms with Gasteiger partial charge in [0.2, 0.25) is 0 Å². The van der Waals surface area contributed by atoms with Crippen LogP contribution in [-0.2, 0) is 9.59 Å². The SMILES string of the molecule is O=C(O)CCCCCC[C@@H]1[C@@H](C=C[C@@H](O)c2cc3ccccc3s2)C(=O)CC1(F)F. The van der Waals surface area contributed by atoms with E-state index in [2.05, 4.69) is 0 Å². The van der Waals surface area contributed by atoms with Crippen molar-refractivity contribution < 1.29 is 28.6 Å². The number of fused-ring (bicyclic) bond motifs is 1. The summed E-state index contributed by atoms with van der Waals surface area (Å²) in [5, 5.41) is 20.1. The number of carbonyl (C=O) groups is 2. The molecule has 1 aromatic heterocycles. The Bertz CT molecular complexity index is 888. The zero-order valence-corrected chi connectivity index (χ0v) is 17.4. The highest BCUT2D eigenvalue weighted by molar-refractivity contribution is 7.19. The lowest BCUT2D eigenvalue weighted by molar-refractivity contribution is -0.137. The van der Waals surface area contributed by atoms with Crippen LogP contribution in [0.15, 0.2) is 42.5 Å². The second-order valence-electron chi connectivity index (χ2n) is 7.90. The zero-order chi connectivity index (χ0) is 21.7. The summed E-state index contributed by atoms with van der Waals surface area (Å²) < 4.78 is 29.8. The van der Waals surface area contributed by atoms with Gasteiger partial charge in [-0.25, -0.2) is 8.78 Å². The average Bonchev–Trinajstić information content (AvgIpc) is 3.20. The lowest BCUT2D eigenvalue weighted by Gasteiger charge is -2.21. The topological polar surface area (TPSA) is 74.6 Å². The predicted molar refractivity (Wildman–Crippen MR) is 113 cm³/mol. The number of carbonyl (C=O) groups excluding carboxylic acids is 1. The van der Waals surface area contributed by atoms with Gasteiger partial charge in [-0.2, -0.15) is 0 Å². The van der Waals surface area contributed by atoms with Crippen molar-refractivity contribution in [2.45, 2.75) is 57.0 Å². The third kappa shape index (κ3) is 5.52. The highest BCUT2D eigenvalue weighted by Crippen LogP contribution is 2.46. The first-order valence-corrected chi connectivity index (χ1v) is 11.1. The largest absolute Gasteiger partial charge is 0.481 e. The Hall–Kier alpha value is -2.12. The summed E-state index contributed by atoms with van der Waals surface area (Å²) in [5.41, 5.74) is 0. The van der Waals surface area contributed by atoms with Gasteiger partial charge in [0.15, 0.2) is 0 Å². The monoisotopic (exact) mass is 436 g/mol. The number of hydrogen-bond acceptors (Lipinski definition) is 4. The van der Waals surface area contributed by atoms with E-state index in [1.807, 2.05) is 30.3 Å². The number of unbranched alkanes of at least 4 members (excludes halogenated alkanes) is 3. The van der Waals surface area contributed by atoms with Crippen LogP contribution in [0.25, 0.3) is 10.1 Å². The maximum atomic E-state index is 14.4. The molecule has 0 unspecified atom stereocenters. The summed E-state index contributed by atoms with van der Waals surface area (Å²) >= 11 is 1.44. The summed E-state index contributed by atoms with van der Waals surface area (Å²) in [6.45, 7) is 0. The molecule has 1 saturated carbocycles. The molecule has 0 amide bonds. The number of thiophene rings is 1. The quantitative estimate of drug-likeness (QED) is 0.367. The molecule has 4 nitrogen and oxygen atoms in total. The Morgan fingerprint density at radius 2 is 1.97 bits per heavy atom. The number of halogens is 2. The number of hydrogen-bond donors (Lipinski definition) is 2. The van der Waals surface area contributed by atoms with Crippen LogP contribution in [0, 0.1) is 11.8 Å². The molecule has 3 atom stereocenters. The molecule has 1 fully saturated rings. The van der Waals surface area contributed by atoms with E-state index < -0.39 is 42.0 Å². The highest BCUT2D eigenvalue weighted by Gasteiger charge is 2.53. The number of aliphatic hydroxyl groups excluding tert-OH is 1. The Morgan fingerprint density at radius 3 is 2.70 bits per heavy atom. The lowest BCUT2D eigenvalue weighted by Crippen LogP contribution is -2.25. The van der Waals surface area contributed by atoms with Crippen LogP contribution in [0.4, 0.5) is 8.78 Å². The highest BCUT2D eigenvalue weighted by atomic mass is 32.1. The summed E-state index contributed by atoms with van der Waals surface area (Å²) in [7, 11) is 0.